The highest BCUT2D eigenvalue weighted by atomic mass is 32.1. The van der Waals surface area contributed by atoms with Crippen LogP contribution in [0.1, 0.15) is 0 Å². The molecule has 0 radical (unpaired) electrons. The van der Waals surface area contributed by atoms with Gasteiger partial charge in [0.25, 0.3) is 0 Å². The van der Waals surface area contributed by atoms with Crippen LogP contribution >= 0.6 is 11.3 Å². The minimum Gasteiger partial charge on any atom is -0.369 e. The number of hydrogen-bond donors (Lipinski definition) is 1. The number of piperazine rings is 1. The van der Waals surface area contributed by atoms with Crippen molar-refractivity contribution in [2.45, 2.75) is 0 Å². The summed E-state index contributed by atoms with van der Waals surface area (Å²) in [4.78, 5) is 11.4. The molecule has 5 aromatic rings. The van der Waals surface area contributed by atoms with Crippen LogP contribution < -0.4 is 10.2 Å². The first-order chi connectivity index (χ1) is 14.9. The summed E-state index contributed by atoms with van der Waals surface area (Å²) in [7, 11) is 0. The van der Waals surface area contributed by atoms with Gasteiger partial charge in [-0.2, -0.15) is 0 Å². The van der Waals surface area contributed by atoms with E-state index < -0.39 is 0 Å². The third kappa shape index (κ3) is 2.96. The van der Waals surface area contributed by atoms with Gasteiger partial charge in [-0.15, -0.1) is 11.3 Å². The molecule has 0 amide bonds. The minimum absolute atomic E-state index is 0.960. The van der Waals surface area contributed by atoms with E-state index in [1.165, 1.54) is 32.5 Å². The van der Waals surface area contributed by atoms with Gasteiger partial charge in [-0.3, -0.25) is 9.38 Å². The molecule has 5 heterocycles. The summed E-state index contributed by atoms with van der Waals surface area (Å²) in [6.07, 6.45) is 7.87. The molecule has 1 N–H and O–H groups in total. The van der Waals surface area contributed by atoms with Crippen molar-refractivity contribution in [3.05, 3.63) is 72.6 Å². The van der Waals surface area contributed by atoms with Crippen molar-refractivity contribution < 1.29 is 0 Å². The maximum atomic E-state index is 4.70. The molecule has 6 heteroatoms. The zero-order chi connectivity index (χ0) is 19.9. The lowest BCUT2D eigenvalue weighted by molar-refractivity contribution is 0.589. The van der Waals surface area contributed by atoms with Crippen LogP contribution in [0.3, 0.4) is 0 Å². The summed E-state index contributed by atoms with van der Waals surface area (Å²) in [6.45, 7) is 4.23. The molecule has 1 fully saturated rings. The third-order valence-corrected chi connectivity index (χ3v) is 6.78. The maximum Gasteiger partial charge on any atom is 0.137 e. The lowest BCUT2D eigenvalue weighted by atomic mass is 10.1. The van der Waals surface area contributed by atoms with Crippen LogP contribution in [0.2, 0.25) is 0 Å². The first-order valence-corrected chi connectivity index (χ1v) is 11.1. The highest BCUT2D eigenvalue weighted by Gasteiger charge is 2.13. The van der Waals surface area contributed by atoms with Crippen molar-refractivity contribution in [1.82, 2.24) is 19.7 Å². The maximum absolute atomic E-state index is 4.70. The summed E-state index contributed by atoms with van der Waals surface area (Å²) >= 11 is 1.72. The fourth-order valence-electron chi connectivity index (χ4n) is 4.23. The molecule has 148 valence electrons. The Hall–Kier alpha value is -3.22. The Bertz CT molecular complexity index is 1330. The topological polar surface area (TPSA) is 45.5 Å². The molecule has 5 nitrogen and oxygen atoms in total. The van der Waals surface area contributed by atoms with Crippen LogP contribution in [0.5, 0.6) is 0 Å². The van der Waals surface area contributed by atoms with Gasteiger partial charge in [0.05, 0.1) is 16.6 Å². The second-order valence-corrected chi connectivity index (χ2v) is 8.50. The molecule has 0 saturated carbocycles. The highest BCUT2D eigenvalue weighted by molar-refractivity contribution is 7.17. The van der Waals surface area contributed by atoms with Crippen LogP contribution in [0, 0.1) is 0 Å². The van der Waals surface area contributed by atoms with Gasteiger partial charge in [-0.1, -0.05) is 12.1 Å². The summed E-state index contributed by atoms with van der Waals surface area (Å²) in [5, 5.41) is 6.83. The molecule has 0 aliphatic carbocycles. The number of nitrogens with one attached hydrogen (secondary N) is 1. The monoisotopic (exact) mass is 411 g/mol. The van der Waals surface area contributed by atoms with Crippen LogP contribution in [-0.2, 0) is 0 Å². The Morgan fingerprint density at radius 2 is 1.80 bits per heavy atom. The van der Waals surface area contributed by atoms with E-state index in [0.717, 1.165) is 37.5 Å². The number of fused-ring (bicyclic) bond motifs is 2. The van der Waals surface area contributed by atoms with Crippen molar-refractivity contribution in [1.29, 1.82) is 0 Å². The van der Waals surface area contributed by atoms with Crippen LogP contribution in [0.4, 0.5) is 5.69 Å². The predicted molar refractivity (Wildman–Crippen MR) is 124 cm³/mol. The average Bonchev–Trinajstić information content (AvgIpc) is 3.43. The second-order valence-electron chi connectivity index (χ2n) is 7.59. The number of aromatic nitrogens is 3. The standard InChI is InChI=1S/C24H21N5S/c1-3-19(28-11-8-25-9-12-28)4-2-17(1)18-6-10-29-22(14-27-24(29)13-18)21-16-30-23-15-26-7-5-20(21)23/h1-7,10,13-16,25H,8-9,11-12H2. The van der Waals surface area contributed by atoms with Crippen molar-refractivity contribution in [3.8, 4) is 22.4 Å². The zero-order valence-corrected chi connectivity index (χ0v) is 17.3. The first kappa shape index (κ1) is 17.6. The van der Waals surface area contributed by atoms with E-state index in [1.807, 2.05) is 18.6 Å². The average molecular weight is 412 g/mol. The molecule has 0 spiro atoms. The number of thiophene rings is 1. The van der Waals surface area contributed by atoms with E-state index in [9.17, 15) is 0 Å². The highest BCUT2D eigenvalue weighted by Crippen LogP contribution is 2.34. The van der Waals surface area contributed by atoms with Gasteiger partial charge in [0, 0.05) is 66.8 Å². The van der Waals surface area contributed by atoms with Gasteiger partial charge >= 0.3 is 0 Å². The largest absolute Gasteiger partial charge is 0.369 e. The SMILES string of the molecule is c1cc2c(-c3cnc4cc(-c5ccc(N6CCNCC6)cc5)ccn34)csc2cn1. The zero-order valence-electron chi connectivity index (χ0n) is 16.5. The van der Waals surface area contributed by atoms with E-state index in [-0.39, 0.29) is 0 Å². The van der Waals surface area contributed by atoms with Crippen molar-refractivity contribution in [3.63, 3.8) is 0 Å². The molecule has 0 bridgehead atoms. The molecule has 4 aromatic heterocycles. The summed E-state index contributed by atoms with van der Waals surface area (Å²) in [5.74, 6) is 0. The van der Waals surface area contributed by atoms with Crippen LogP contribution in [-0.4, -0.2) is 40.5 Å². The van der Waals surface area contributed by atoms with Crippen molar-refractivity contribution in [2.75, 3.05) is 31.1 Å². The lowest BCUT2D eigenvalue weighted by Crippen LogP contribution is -2.43. The van der Waals surface area contributed by atoms with Gasteiger partial charge < -0.3 is 10.2 Å². The molecule has 1 aromatic carbocycles. The molecule has 0 unspecified atom stereocenters. The number of anilines is 1. The van der Waals surface area contributed by atoms with Gasteiger partial charge in [-0.05, 0) is 41.5 Å². The molecule has 1 saturated heterocycles. The Kier molecular flexibility index (Phi) is 4.25. The van der Waals surface area contributed by atoms with Gasteiger partial charge in [0.1, 0.15) is 5.65 Å². The Morgan fingerprint density at radius 1 is 0.933 bits per heavy atom. The Balaban J connectivity index is 1.34. The molecule has 1 aliphatic rings. The fraction of sp³-hybridized carbons (Fsp3) is 0.167. The smallest absolute Gasteiger partial charge is 0.137 e. The van der Waals surface area contributed by atoms with E-state index in [0.29, 0.717) is 0 Å². The Labute approximate surface area is 178 Å². The molecular weight excluding hydrogens is 390 g/mol. The summed E-state index contributed by atoms with van der Waals surface area (Å²) in [5.41, 5.74) is 6.98. The molecular formula is C24H21N5S. The minimum atomic E-state index is 0.960. The number of imidazole rings is 1. The van der Waals surface area contributed by atoms with Crippen molar-refractivity contribution >= 4 is 32.8 Å². The quantitative estimate of drug-likeness (QED) is 0.468. The predicted octanol–water partition coefficient (Wildman–Crippen LogP) is 4.69. The molecule has 1 aliphatic heterocycles. The molecule has 0 atom stereocenters. The summed E-state index contributed by atoms with van der Waals surface area (Å²) < 4.78 is 3.37. The van der Waals surface area contributed by atoms with E-state index in [4.69, 9.17) is 4.98 Å². The van der Waals surface area contributed by atoms with Gasteiger partial charge in [0.2, 0.25) is 0 Å². The van der Waals surface area contributed by atoms with E-state index in [1.54, 1.807) is 11.3 Å². The third-order valence-electron chi connectivity index (χ3n) is 5.85. The number of benzene rings is 1. The first-order valence-electron chi connectivity index (χ1n) is 10.2. The van der Waals surface area contributed by atoms with Crippen LogP contribution in [0.15, 0.2) is 72.6 Å². The van der Waals surface area contributed by atoms with E-state index in [2.05, 4.69) is 73.6 Å². The molecule has 6 rings (SSSR count). The normalized spacial score (nSPS) is 14.6. The van der Waals surface area contributed by atoms with Crippen molar-refractivity contribution in [2.24, 2.45) is 0 Å². The van der Waals surface area contributed by atoms with Crippen LogP contribution in [0.25, 0.3) is 38.1 Å². The number of rotatable bonds is 3. The Morgan fingerprint density at radius 3 is 2.67 bits per heavy atom. The summed E-state index contributed by atoms with van der Waals surface area (Å²) in [6, 6.07) is 15.3. The molecule has 30 heavy (non-hydrogen) atoms. The van der Waals surface area contributed by atoms with Gasteiger partial charge in [-0.25, -0.2) is 4.98 Å². The van der Waals surface area contributed by atoms with E-state index >= 15 is 0 Å². The number of hydrogen-bond acceptors (Lipinski definition) is 5. The number of nitrogens with zero attached hydrogens (tertiary/aromatic N) is 4. The second kappa shape index (κ2) is 7.23. The van der Waals surface area contributed by atoms with Gasteiger partial charge in [0.15, 0.2) is 0 Å². The fourth-order valence-corrected chi connectivity index (χ4v) is 5.15. The number of pyridine rings is 2. The lowest BCUT2D eigenvalue weighted by Gasteiger charge is -2.29.